The summed E-state index contributed by atoms with van der Waals surface area (Å²) in [5.74, 6) is -1.35. The fraction of sp³-hybridized carbons (Fsp3) is 0.743. The Bertz CT molecular complexity index is 2880. The standard InChI is InChI=1S/C35H57N5O5.C23H44O3.C12H15N5O3/c1-3-4-5-6-7-8-9-10-11-12-13-14-15-16-17-20-27(41)21-18-19-22-31(43)45-24-28-26(2)29(23-30(28)42)40-25-37-32-33(40)38-35(36)39-34(32)44;1-2-3-4-5-6-7-8-9-10-11-12-13-14-15-16-19-22(24)20-17-18-21-23(25)26;1-5-6(3-18)8(19)2-7(5)17-4-14-9-10(17)15-12(13)16-11(9)20/h25,28-30,42H,2-24H2,1H3,(H3,36,38,39,44);2-21H2,1H3,(H,25,26);4,6-8,18-19H,1-3H2,(H3,13,15,16,20)/t28-,29-,30-;;6-,7-,8-/m0.0/s1. The number of hydrogen-bond acceptors (Lipinski definition) is 16. The van der Waals surface area contributed by atoms with Crippen molar-refractivity contribution >= 4 is 57.7 Å². The minimum absolute atomic E-state index is 0.00659. The van der Waals surface area contributed by atoms with E-state index in [0.717, 1.165) is 25.7 Å². The molecule has 4 aromatic heterocycles. The van der Waals surface area contributed by atoms with Gasteiger partial charge in [0.25, 0.3) is 11.1 Å². The summed E-state index contributed by atoms with van der Waals surface area (Å²) in [4.78, 5) is 91.8. The number of carboxylic acids is 1. The molecule has 0 spiro atoms. The van der Waals surface area contributed by atoms with E-state index >= 15 is 0 Å². The number of aliphatic hydroxyl groups excluding tert-OH is 3. The highest BCUT2D eigenvalue weighted by atomic mass is 16.5. The SMILES string of the molecule is C=C1[C@H](CO)[C@@H](O)C[C@@H]1n1cnc2c(=O)[nH]c(N)nc21.C=C1[C@H](COC(=O)CCCCC(=O)CCCCCCCCCCCCCCCCC)[C@@H](O)C[C@@H]1n1cnc2c(=O)[nH]c(N)nc21.CCCCCCCCCCCCCCCCCC(=O)CCCCC(=O)O. The van der Waals surface area contributed by atoms with Crippen molar-refractivity contribution < 1.29 is 44.3 Å². The number of esters is 1. The number of ether oxygens (including phenoxy) is 1. The number of carbonyl (C=O) groups excluding carboxylic acids is 3. The first kappa shape index (κ1) is 77.4. The lowest BCUT2D eigenvalue weighted by Crippen LogP contribution is -2.22. The predicted molar refractivity (Wildman–Crippen MR) is 361 cm³/mol. The highest BCUT2D eigenvalue weighted by molar-refractivity contribution is 5.79. The number of aliphatic carboxylic acids is 1. The molecule has 512 valence electrons. The topological polar surface area (TPSA) is 338 Å². The molecule has 6 rings (SSSR count). The van der Waals surface area contributed by atoms with Gasteiger partial charge in [0.1, 0.15) is 18.2 Å². The number of hydrogen-bond donors (Lipinski definition) is 8. The first-order valence-corrected chi connectivity index (χ1v) is 35.2. The van der Waals surface area contributed by atoms with Gasteiger partial charge in [0, 0.05) is 50.4 Å². The second-order valence-corrected chi connectivity index (χ2v) is 25.7. The number of carboxylic acid groups (broad SMARTS) is 1. The van der Waals surface area contributed by atoms with Crippen LogP contribution >= 0.6 is 0 Å². The zero-order valence-corrected chi connectivity index (χ0v) is 55.6. The van der Waals surface area contributed by atoms with Crippen LogP contribution in [0.3, 0.4) is 0 Å². The number of nitrogens with two attached hydrogens (primary N) is 2. The van der Waals surface area contributed by atoms with Crippen LogP contribution in [0.1, 0.15) is 296 Å². The number of nitrogens with one attached hydrogen (secondary N) is 2. The average molecular weight is 1270 g/mol. The van der Waals surface area contributed by atoms with E-state index in [1.165, 1.54) is 186 Å². The molecule has 4 aromatic rings. The van der Waals surface area contributed by atoms with Crippen LogP contribution in [-0.4, -0.2) is 108 Å². The highest BCUT2D eigenvalue weighted by Gasteiger charge is 2.40. The Morgan fingerprint density at radius 2 is 0.813 bits per heavy atom. The maximum absolute atomic E-state index is 12.4. The lowest BCUT2D eigenvalue weighted by molar-refractivity contribution is -0.145. The number of aliphatic hydroxyl groups is 3. The first-order chi connectivity index (χ1) is 44.0. The van der Waals surface area contributed by atoms with E-state index in [1.807, 2.05) is 0 Å². The summed E-state index contributed by atoms with van der Waals surface area (Å²) < 4.78 is 8.82. The van der Waals surface area contributed by atoms with Crippen molar-refractivity contribution in [3.8, 4) is 0 Å². The average Bonchev–Trinajstić information content (AvgIpc) is 1.84. The van der Waals surface area contributed by atoms with Gasteiger partial charge in [0.15, 0.2) is 22.3 Å². The van der Waals surface area contributed by atoms with Crippen molar-refractivity contribution in [3.63, 3.8) is 0 Å². The van der Waals surface area contributed by atoms with Crippen LogP contribution in [0.5, 0.6) is 0 Å². The number of nitrogen functional groups attached to an aromatic ring is 2. The Kier molecular flexibility index (Phi) is 38.5. The van der Waals surface area contributed by atoms with Crippen LogP contribution in [0.15, 0.2) is 46.5 Å². The fourth-order valence-corrected chi connectivity index (χ4v) is 12.5. The largest absolute Gasteiger partial charge is 0.481 e. The van der Waals surface area contributed by atoms with Crippen LogP contribution in [-0.2, 0) is 23.9 Å². The van der Waals surface area contributed by atoms with Crippen LogP contribution in [0.2, 0.25) is 0 Å². The molecule has 0 unspecified atom stereocenters. The zero-order valence-electron chi connectivity index (χ0n) is 55.6. The molecule has 2 fully saturated rings. The fourth-order valence-electron chi connectivity index (χ4n) is 12.5. The number of Topliss-reactive ketones (excluding diaryl/α,β-unsaturated/α-hetero) is 2. The molecule has 0 aliphatic heterocycles. The second kappa shape index (κ2) is 45.3. The quantitative estimate of drug-likeness (QED) is 0.0116. The van der Waals surface area contributed by atoms with Gasteiger partial charge in [-0.25, -0.2) is 9.97 Å². The van der Waals surface area contributed by atoms with E-state index in [-0.39, 0.29) is 78.7 Å². The van der Waals surface area contributed by atoms with Gasteiger partial charge in [-0.1, -0.05) is 207 Å². The van der Waals surface area contributed by atoms with Crippen molar-refractivity contribution in [2.24, 2.45) is 11.8 Å². The smallest absolute Gasteiger partial charge is 0.305 e. The second-order valence-electron chi connectivity index (χ2n) is 25.7. The van der Waals surface area contributed by atoms with Gasteiger partial charge in [0.05, 0.1) is 43.6 Å². The summed E-state index contributed by atoms with van der Waals surface area (Å²) in [5.41, 5.74) is 12.8. The maximum Gasteiger partial charge on any atom is 0.305 e. The number of aromatic amines is 2. The van der Waals surface area contributed by atoms with Gasteiger partial charge in [-0.2, -0.15) is 9.97 Å². The van der Waals surface area contributed by atoms with E-state index in [0.29, 0.717) is 86.0 Å². The minimum Gasteiger partial charge on any atom is -0.481 e. The van der Waals surface area contributed by atoms with Gasteiger partial charge in [0.2, 0.25) is 11.9 Å². The number of fused-ring (bicyclic) bond motifs is 2. The molecule has 10 N–H and O–H groups in total. The Labute approximate surface area is 540 Å². The summed E-state index contributed by atoms with van der Waals surface area (Å²) in [6.45, 7) is 12.5. The van der Waals surface area contributed by atoms with Crippen molar-refractivity contribution in [3.05, 3.63) is 57.7 Å². The Balaban J connectivity index is 0.000000323. The third-order valence-corrected chi connectivity index (χ3v) is 18.2. The third-order valence-electron chi connectivity index (χ3n) is 18.2. The number of imidazole rings is 2. The number of ketones is 2. The molecule has 2 saturated carbocycles. The number of aromatic nitrogens is 8. The molecule has 4 heterocycles. The van der Waals surface area contributed by atoms with E-state index in [9.17, 15) is 44.1 Å². The molecule has 21 nitrogen and oxygen atoms in total. The Morgan fingerprint density at radius 3 is 1.15 bits per heavy atom. The number of rotatable bonds is 47. The lowest BCUT2D eigenvalue weighted by atomic mass is 10.0. The molecule has 0 aromatic carbocycles. The monoisotopic (exact) mass is 1270 g/mol. The Hall–Kier alpha value is -6.06. The number of H-pyrrole nitrogens is 2. The maximum atomic E-state index is 12.4. The summed E-state index contributed by atoms with van der Waals surface area (Å²) in [5, 5.41) is 38.4. The molecule has 0 radical (unpaired) electrons. The van der Waals surface area contributed by atoms with Gasteiger partial charge < -0.3 is 45.8 Å². The molecular formula is C70H116N10O11. The molecule has 0 amide bonds. The van der Waals surface area contributed by atoms with Crippen LogP contribution in [0.4, 0.5) is 11.9 Å². The van der Waals surface area contributed by atoms with E-state index in [4.69, 9.17) is 21.3 Å². The van der Waals surface area contributed by atoms with Crippen LogP contribution < -0.4 is 22.6 Å². The van der Waals surface area contributed by atoms with Gasteiger partial charge in [-0.3, -0.25) is 38.7 Å². The van der Waals surface area contributed by atoms with Crippen LogP contribution in [0, 0.1) is 11.8 Å². The third kappa shape index (κ3) is 29.2. The molecule has 2 aliphatic rings. The van der Waals surface area contributed by atoms with Crippen molar-refractivity contribution in [2.45, 2.75) is 308 Å². The molecule has 21 heteroatoms. The van der Waals surface area contributed by atoms with E-state index in [2.05, 4.69) is 56.9 Å². The summed E-state index contributed by atoms with van der Waals surface area (Å²) >= 11 is 0. The van der Waals surface area contributed by atoms with Gasteiger partial charge in [-0.05, 0) is 62.5 Å². The normalized spacial score (nSPS) is 17.9. The number of unbranched alkanes of at least 4 members (excludes halogenated alkanes) is 30. The van der Waals surface area contributed by atoms with Crippen LogP contribution in [0.25, 0.3) is 22.3 Å². The van der Waals surface area contributed by atoms with Crippen molar-refractivity contribution in [1.29, 1.82) is 0 Å². The zero-order chi connectivity index (χ0) is 66.2. The Morgan fingerprint density at radius 1 is 0.505 bits per heavy atom. The summed E-state index contributed by atoms with van der Waals surface area (Å²) in [6, 6.07) is -0.612. The van der Waals surface area contributed by atoms with E-state index < -0.39 is 35.2 Å². The number of anilines is 2. The summed E-state index contributed by atoms with van der Waals surface area (Å²) in [6.07, 6.45) is 47.5. The number of carbonyl (C=O) groups is 4. The number of nitrogens with zero attached hydrogens (tertiary/aromatic N) is 6. The molecule has 6 atom stereocenters. The molecule has 0 saturated heterocycles. The molecule has 0 bridgehead atoms. The van der Waals surface area contributed by atoms with Gasteiger partial charge >= 0.3 is 11.9 Å². The van der Waals surface area contributed by atoms with Crippen molar-refractivity contribution in [1.82, 2.24) is 39.0 Å². The molecule has 2 aliphatic carbocycles. The lowest BCUT2D eigenvalue weighted by Gasteiger charge is -2.17. The predicted octanol–water partition coefficient (Wildman–Crippen LogP) is 13.7. The van der Waals surface area contributed by atoms with Gasteiger partial charge in [-0.15, -0.1) is 0 Å². The van der Waals surface area contributed by atoms with E-state index in [1.54, 1.807) is 9.13 Å². The first-order valence-electron chi connectivity index (χ1n) is 35.2. The molecule has 91 heavy (non-hydrogen) atoms. The minimum atomic E-state index is -0.764. The molecular weight excluding hydrogens is 1160 g/mol. The van der Waals surface area contributed by atoms with Crippen molar-refractivity contribution in [2.75, 3.05) is 24.7 Å². The highest BCUT2D eigenvalue weighted by Crippen LogP contribution is 2.41. The summed E-state index contributed by atoms with van der Waals surface area (Å²) in [7, 11) is 0.